The van der Waals surface area contributed by atoms with E-state index in [-0.39, 0.29) is 18.8 Å². The fourth-order valence-electron chi connectivity index (χ4n) is 1.74. The number of hydrogen-bond donors (Lipinski definition) is 7. The Morgan fingerprint density at radius 3 is 2.24 bits per heavy atom. The molecule has 3 amide bonds. The number of aliphatic carboxylic acids is 1. The quantitative estimate of drug-likeness (QED) is 0.104. The maximum absolute atomic E-state index is 11.7. The van der Waals surface area contributed by atoms with E-state index < -0.39 is 42.3 Å². The molecule has 0 aliphatic rings. The van der Waals surface area contributed by atoms with E-state index in [1.807, 2.05) is 0 Å². The van der Waals surface area contributed by atoms with Gasteiger partial charge in [0.05, 0.1) is 12.6 Å². The fourth-order valence-corrected chi connectivity index (χ4v) is 1.74. The Balaban J connectivity index is 4.20. The van der Waals surface area contributed by atoms with Gasteiger partial charge >= 0.3 is 5.97 Å². The molecule has 11 N–H and O–H groups in total. The number of hydrogen-bond acceptors (Lipinski definition) is 6. The number of nitrogens with zero attached hydrogens (tertiary/aromatic N) is 1. The molecule has 0 radical (unpaired) electrons. The molecule has 2 unspecified atom stereocenters. The van der Waals surface area contributed by atoms with Gasteiger partial charge in [-0.25, -0.2) is 4.79 Å². The van der Waals surface area contributed by atoms with Gasteiger partial charge in [0.15, 0.2) is 5.96 Å². The number of carbonyl (C=O) groups is 4. The van der Waals surface area contributed by atoms with E-state index in [0.29, 0.717) is 19.4 Å². The number of carbonyl (C=O) groups excluding carboxylic acids is 3. The number of nitrogens with one attached hydrogen (secondary N) is 2. The lowest BCUT2D eigenvalue weighted by molar-refractivity contribution is -0.142. The van der Waals surface area contributed by atoms with Crippen molar-refractivity contribution in [2.75, 3.05) is 13.1 Å². The minimum atomic E-state index is -1.31. The minimum Gasteiger partial charge on any atom is -0.480 e. The van der Waals surface area contributed by atoms with Gasteiger partial charge in [-0.1, -0.05) is 0 Å². The van der Waals surface area contributed by atoms with Crippen LogP contribution in [0.1, 0.15) is 25.7 Å². The molecule has 0 aromatic rings. The maximum atomic E-state index is 11.7. The summed E-state index contributed by atoms with van der Waals surface area (Å²) >= 11 is 0. The largest absolute Gasteiger partial charge is 0.480 e. The van der Waals surface area contributed by atoms with Crippen LogP contribution in [0, 0.1) is 0 Å². The smallest absolute Gasteiger partial charge is 0.326 e. The second-order valence-electron chi connectivity index (χ2n) is 5.24. The summed E-state index contributed by atoms with van der Waals surface area (Å²) in [7, 11) is 0. The van der Waals surface area contributed by atoms with E-state index >= 15 is 0 Å². The number of primary amides is 1. The van der Waals surface area contributed by atoms with E-state index in [9.17, 15) is 19.2 Å². The predicted octanol–water partition coefficient (Wildman–Crippen LogP) is -3.68. The van der Waals surface area contributed by atoms with Crippen molar-refractivity contribution < 1.29 is 24.3 Å². The van der Waals surface area contributed by atoms with Crippen LogP contribution in [0.15, 0.2) is 4.99 Å². The van der Waals surface area contributed by atoms with E-state index in [1.165, 1.54) is 0 Å². The average Bonchev–Trinajstić information content (AvgIpc) is 2.52. The average molecular weight is 359 g/mol. The number of amides is 3. The van der Waals surface area contributed by atoms with Crippen molar-refractivity contribution in [3.8, 4) is 0 Å². The Hall–Kier alpha value is -2.89. The summed E-state index contributed by atoms with van der Waals surface area (Å²) in [4.78, 5) is 48.8. The second-order valence-corrected chi connectivity index (χ2v) is 5.24. The summed E-state index contributed by atoms with van der Waals surface area (Å²) in [6.45, 7) is -0.120. The first-order valence-electron chi connectivity index (χ1n) is 7.52. The van der Waals surface area contributed by atoms with Crippen LogP contribution in [0.25, 0.3) is 0 Å². The molecule has 0 saturated carbocycles. The molecule has 0 aliphatic carbocycles. The number of rotatable bonds is 12. The van der Waals surface area contributed by atoms with Crippen molar-refractivity contribution >= 4 is 29.7 Å². The van der Waals surface area contributed by atoms with Crippen molar-refractivity contribution in [2.24, 2.45) is 27.9 Å². The third-order valence-corrected chi connectivity index (χ3v) is 3.04. The fraction of sp³-hybridized carbons (Fsp3) is 0.615. The van der Waals surface area contributed by atoms with Gasteiger partial charge in [0.2, 0.25) is 17.7 Å². The summed E-state index contributed by atoms with van der Waals surface area (Å²) in [6.07, 6.45) is 0.451. The molecule has 12 heteroatoms. The zero-order valence-electron chi connectivity index (χ0n) is 13.7. The molecule has 2 atom stereocenters. The third kappa shape index (κ3) is 11.3. The number of aliphatic imine (C=N–C) groups is 1. The van der Waals surface area contributed by atoms with Gasteiger partial charge in [-0.2, -0.15) is 0 Å². The van der Waals surface area contributed by atoms with Crippen molar-refractivity contribution in [2.45, 2.75) is 37.8 Å². The van der Waals surface area contributed by atoms with E-state index in [2.05, 4.69) is 15.6 Å². The van der Waals surface area contributed by atoms with Crippen LogP contribution in [-0.4, -0.2) is 59.9 Å². The van der Waals surface area contributed by atoms with Crippen LogP contribution in [0.4, 0.5) is 0 Å². The van der Waals surface area contributed by atoms with Crippen molar-refractivity contribution in [3.63, 3.8) is 0 Å². The first kappa shape index (κ1) is 22.1. The lowest BCUT2D eigenvalue weighted by Crippen LogP contribution is -2.48. The Morgan fingerprint density at radius 1 is 1.08 bits per heavy atom. The molecule has 12 nitrogen and oxygen atoms in total. The molecule has 0 bridgehead atoms. The van der Waals surface area contributed by atoms with Crippen molar-refractivity contribution in [3.05, 3.63) is 0 Å². The third-order valence-electron chi connectivity index (χ3n) is 3.04. The molecular formula is C13H25N7O5. The summed E-state index contributed by atoms with van der Waals surface area (Å²) in [6, 6.07) is -2.13. The molecule has 0 aromatic heterocycles. The summed E-state index contributed by atoms with van der Waals surface area (Å²) in [5.41, 5.74) is 20.9. The monoisotopic (exact) mass is 359 g/mol. The van der Waals surface area contributed by atoms with Gasteiger partial charge in [0.1, 0.15) is 6.04 Å². The summed E-state index contributed by atoms with van der Waals surface area (Å²) in [5, 5.41) is 13.4. The van der Waals surface area contributed by atoms with Gasteiger partial charge in [-0.3, -0.25) is 19.4 Å². The van der Waals surface area contributed by atoms with Crippen LogP contribution in [0.2, 0.25) is 0 Å². The maximum Gasteiger partial charge on any atom is 0.326 e. The highest BCUT2D eigenvalue weighted by Crippen LogP contribution is 1.98. The normalized spacial score (nSPS) is 12.5. The summed E-state index contributed by atoms with van der Waals surface area (Å²) in [5.74, 6) is -3.33. The van der Waals surface area contributed by atoms with E-state index in [0.717, 1.165) is 0 Å². The predicted molar refractivity (Wildman–Crippen MR) is 88.9 cm³/mol. The number of carboxylic acid groups (broad SMARTS) is 1. The highest BCUT2D eigenvalue weighted by molar-refractivity contribution is 5.89. The van der Waals surface area contributed by atoms with Crippen LogP contribution < -0.4 is 33.6 Å². The lowest BCUT2D eigenvalue weighted by Gasteiger charge is -2.15. The molecule has 25 heavy (non-hydrogen) atoms. The molecule has 0 fully saturated rings. The molecular weight excluding hydrogens is 334 g/mol. The molecule has 0 aliphatic heterocycles. The van der Waals surface area contributed by atoms with E-state index in [1.54, 1.807) is 0 Å². The van der Waals surface area contributed by atoms with Gasteiger partial charge in [0.25, 0.3) is 0 Å². The molecule has 0 aromatic carbocycles. The Morgan fingerprint density at radius 2 is 1.72 bits per heavy atom. The number of nitrogens with two attached hydrogens (primary N) is 4. The zero-order chi connectivity index (χ0) is 19.4. The molecule has 0 rings (SSSR count). The molecule has 142 valence electrons. The van der Waals surface area contributed by atoms with Crippen molar-refractivity contribution in [1.82, 2.24) is 10.6 Å². The van der Waals surface area contributed by atoms with Crippen molar-refractivity contribution in [1.29, 1.82) is 0 Å². The SMILES string of the molecule is NC(=O)CCC(NC(=O)CNC(=O)C(N)CCCN=C(N)N)C(=O)O. The first-order valence-corrected chi connectivity index (χ1v) is 7.52. The highest BCUT2D eigenvalue weighted by atomic mass is 16.4. The van der Waals surface area contributed by atoms with Gasteiger partial charge < -0.3 is 38.7 Å². The van der Waals surface area contributed by atoms with Gasteiger partial charge in [-0.15, -0.1) is 0 Å². The van der Waals surface area contributed by atoms with Crippen LogP contribution in [-0.2, 0) is 19.2 Å². The van der Waals surface area contributed by atoms with Gasteiger partial charge in [0, 0.05) is 13.0 Å². The van der Waals surface area contributed by atoms with Crippen LogP contribution in [0.3, 0.4) is 0 Å². The number of guanidine groups is 1. The Kier molecular flexibility index (Phi) is 10.3. The standard InChI is InChI=1S/C13H25N7O5/c14-7(2-1-5-18-13(16)17)11(23)19-6-10(22)20-8(12(24)25)3-4-9(15)21/h7-8H,1-6,14H2,(H2,15,21)(H,19,23)(H,20,22)(H,24,25)(H4,16,17,18). The highest BCUT2D eigenvalue weighted by Gasteiger charge is 2.21. The second kappa shape index (κ2) is 11.6. The van der Waals surface area contributed by atoms with Crippen LogP contribution >= 0.6 is 0 Å². The summed E-state index contributed by atoms with van der Waals surface area (Å²) < 4.78 is 0. The topological polar surface area (TPSA) is 229 Å². The molecule has 0 heterocycles. The van der Waals surface area contributed by atoms with E-state index in [4.69, 9.17) is 28.0 Å². The molecule has 0 spiro atoms. The Bertz CT molecular complexity index is 519. The zero-order valence-corrected chi connectivity index (χ0v) is 13.7. The van der Waals surface area contributed by atoms with Crippen LogP contribution in [0.5, 0.6) is 0 Å². The van der Waals surface area contributed by atoms with Gasteiger partial charge in [-0.05, 0) is 19.3 Å². The lowest BCUT2D eigenvalue weighted by atomic mass is 10.1. The minimum absolute atomic E-state index is 0.0565. The molecule has 0 saturated heterocycles. The number of carboxylic acids is 1. The Labute approximate surface area is 144 Å². The first-order chi connectivity index (χ1) is 11.6.